The smallest absolute Gasteiger partial charge is 1.00 e. The first-order valence-electron chi connectivity index (χ1n) is 8.51. The van der Waals surface area contributed by atoms with Crippen molar-refractivity contribution >= 4 is 42.6 Å². The fourth-order valence-electron chi connectivity index (χ4n) is 2.48. The quantitative estimate of drug-likeness (QED) is 0.363. The molecular weight excluding hydrogens is 381 g/mol. The van der Waals surface area contributed by atoms with Crippen molar-refractivity contribution in [1.29, 1.82) is 0 Å². The Hall–Kier alpha value is -0.483. The summed E-state index contributed by atoms with van der Waals surface area (Å²) in [6.45, 7) is 4.92. The van der Waals surface area contributed by atoms with Crippen molar-refractivity contribution in [3.63, 3.8) is 0 Å². The average Bonchev–Trinajstić information content (AvgIpc) is 2.57. The van der Waals surface area contributed by atoms with Gasteiger partial charge in [0.2, 0.25) is 0 Å². The van der Waals surface area contributed by atoms with Crippen LogP contribution in [0.5, 0.6) is 5.75 Å². The average molecular weight is 405 g/mol. The summed E-state index contributed by atoms with van der Waals surface area (Å²) in [6, 6.07) is 11.0. The SMILES string of the molecule is CCCCCCOc1ccc(PC(=O)c2c(Cl)cccc2Cl)c(C)c1.[H-].[Li+]. The molecular formula is C20H24Cl2LiO2P. The molecule has 0 aliphatic heterocycles. The second kappa shape index (κ2) is 12.1. The Morgan fingerprint density at radius 1 is 1.12 bits per heavy atom. The van der Waals surface area contributed by atoms with Crippen LogP contribution in [0.4, 0.5) is 0 Å². The molecule has 0 amide bonds. The van der Waals surface area contributed by atoms with Gasteiger partial charge in [-0.25, -0.2) is 0 Å². The van der Waals surface area contributed by atoms with E-state index in [9.17, 15) is 4.79 Å². The van der Waals surface area contributed by atoms with Gasteiger partial charge < -0.3 is 6.16 Å². The van der Waals surface area contributed by atoms with Crippen molar-refractivity contribution in [2.45, 2.75) is 39.5 Å². The van der Waals surface area contributed by atoms with Gasteiger partial charge in [0.15, 0.2) is 5.52 Å². The molecule has 0 radical (unpaired) electrons. The van der Waals surface area contributed by atoms with Crippen LogP contribution in [0.15, 0.2) is 36.4 Å². The van der Waals surface area contributed by atoms with Gasteiger partial charge in [-0.1, -0.05) is 61.5 Å². The summed E-state index contributed by atoms with van der Waals surface area (Å²) in [5.41, 5.74) is 1.40. The topological polar surface area (TPSA) is 26.3 Å². The van der Waals surface area contributed by atoms with Gasteiger partial charge in [0, 0.05) is 0 Å². The van der Waals surface area contributed by atoms with Crippen LogP contribution in [0.3, 0.4) is 0 Å². The van der Waals surface area contributed by atoms with Crippen LogP contribution in [0, 0.1) is 6.92 Å². The monoisotopic (exact) mass is 404 g/mol. The standard InChI is InChI=1S/C20H23Cl2O2P.Li.H/c1-3-4-5-6-12-24-15-10-11-18(14(2)13-15)25-20(23)19-16(21)8-7-9-17(19)22;;/h7-11,13,25H,3-6,12H2,1-2H3;;/q;+1;-1. The summed E-state index contributed by atoms with van der Waals surface area (Å²) < 4.78 is 5.79. The number of ether oxygens (including phenoxy) is 1. The minimum Gasteiger partial charge on any atom is -1.00 e. The molecule has 0 aliphatic rings. The van der Waals surface area contributed by atoms with Crippen molar-refractivity contribution in [1.82, 2.24) is 0 Å². The molecule has 2 nitrogen and oxygen atoms in total. The second-order valence-corrected chi connectivity index (χ2v) is 7.99. The van der Waals surface area contributed by atoms with Crippen molar-refractivity contribution in [2.75, 3.05) is 6.61 Å². The summed E-state index contributed by atoms with van der Waals surface area (Å²) in [4.78, 5) is 12.6. The third-order valence-electron chi connectivity index (χ3n) is 3.90. The molecule has 26 heavy (non-hydrogen) atoms. The molecule has 0 aromatic heterocycles. The zero-order valence-electron chi connectivity index (χ0n) is 16.6. The molecule has 0 heterocycles. The molecule has 1 unspecified atom stereocenters. The van der Waals surface area contributed by atoms with Crippen molar-refractivity contribution < 1.29 is 29.8 Å². The maximum Gasteiger partial charge on any atom is 1.00 e. The molecule has 0 saturated heterocycles. The van der Waals surface area contributed by atoms with E-state index in [2.05, 4.69) is 6.92 Å². The Morgan fingerprint density at radius 2 is 1.81 bits per heavy atom. The van der Waals surface area contributed by atoms with Gasteiger partial charge in [-0.2, -0.15) is 0 Å². The van der Waals surface area contributed by atoms with Crippen LogP contribution < -0.4 is 28.9 Å². The van der Waals surface area contributed by atoms with Crippen LogP contribution in [-0.4, -0.2) is 12.1 Å². The number of aryl methyl sites for hydroxylation is 1. The van der Waals surface area contributed by atoms with Gasteiger partial charge in [0.05, 0.1) is 22.2 Å². The number of unbranched alkanes of at least 4 members (excludes halogenated alkanes) is 3. The third kappa shape index (κ3) is 6.92. The van der Waals surface area contributed by atoms with E-state index in [0.29, 0.717) is 15.6 Å². The summed E-state index contributed by atoms with van der Waals surface area (Å²) in [5, 5.41) is 1.78. The van der Waals surface area contributed by atoms with Gasteiger partial charge >= 0.3 is 18.9 Å². The molecule has 0 N–H and O–H groups in total. The maximum absolute atomic E-state index is 12.6. The summed E-state index contributed by atoms with van der Waals surface area (Å²) in [7, 11) is -0.0174. The first kappa shape index (κ1) is 23.6. The van der Waals surface area contributed by atoms with E-state index in [1.807, 2.05) is 25.1 Å². The molecule has 2 rings (SSSR count). The number of benzene rings is 2. The van der Waals surface area contributed by atoms with Gasteiger partial charge in [0.1, 0.15) is 5.75 Å². The van der Waals surface area contributed by atoms with Crippen LogP contribution in [-0.2, 0) is 0 Å². The minimum absolute atomic E-state index is 0. The van der Waals surface area contributed by atoms with Gasteiger partial charge in [-0.15, -0.1) is 0 Å². The van der Waals surface area contributed by atoms with Crippen molar-refractivity contribution in [3.8, 4) is 5.75 Å². The van der Waals surface area contributed by atoms with E-state index < -0.39 is 0 Å². The van der Waals surface area contributed by atoms with Crippen molar-refractivity contribution in [2.24, 2.45) is 0 Å². The maximum atomic E-state index is 12.6. The normalized spacial score (nSPS) is 10.8. The largest absolute Gasteiger partial charge is 1.00 e. The Labute approximate surface area is 181 Å². The first-order chi connectivity index (χ1) is 12.0. The van der Waals surface area contributed by atoms with Crippen molar-refractivity contribution in [3.05, 3.63) is 57.6 Å². The van der Waals surface area contributed by atoms with E-state index in [4.69, 9.17) is 27.9 Å². The molecule has 0 spiro atoms. The molecule has 0 bridgehead atoms. The molecule has 6 heteroatoms. The van der Waals surface area contributed by atoms with E-state index in [0.717, 1.165) is 29.6 Å². The van der Waals surface area contributed by atoms with Gasteiger partial charge in [0.25, 0.3) is 0 Å². The number of hydrogen-bond donors (Lipinski definition) is 0. The van der Waals surface area contributed by atoms with Crippen LogP contribution in [0.25, 0.3) is 0 Å². The minimum atomic E-state index is -0.0491. The van der Waals surface area contributed by atoms with Crippen LogP contribution in [0.2, 0.25) is 10.0 Å². The fraction of sp³-hybridized carbons (Fsp3) is 0.350. The number of rotatable bonds is 9. The molecule has 2 aromatic rings. The van der Waals surface area contributed by atoms with Gasteiger partial charge in [-0.3, -0.25) is 4.79 Å². The summed E-state index contributed by atoms with van der Waals surface area (Å²) in [6.07, 6.45) is 4.73. The predicted octanol–water partition coefficient (Wildman–Crippen LogP) is 3.52. The van der Waals surface area contributed by atoms with E-state index >= 15 is 0 Å². The Balaban J connectivity index is 0.00000338. The number of halogens is 2. The van der Waals surface area contributed by atoms with E-state index in [-0.39, 0.29) is 34.4 Å². The zero-order valence-corrected chi connectivity index (χ0v) is 18.1. The fourth-order valence-corrected chi connectivity index (χ4v) is 4.29. The predicted molar refractivity (Wildman–Crippen MR) is 111 cm³/mol. The van der Waals surface area contributed by atoms with Crippen LogP contribution >= 0.6 is 31.8 Å². The molecule has 2 aromatic carbocycles. The Bertz CT molecular complexity index is 724. The Morgan fingerprint density at radius 3 is 2.42 bits per heavy atom. The zero-order chi connectivity index (χ0) is 18.2. The molecule has 136 valence electrons. The second-order valence-electron chi connectivity index (χ2n) is 5.94. The van der Waals surface area contributed by atoms with Gasteiger partial charge in [-0.05, 0) is 57.1 Å². The molecule has 0 aliphatic carbocycles. The number of carbonyl (C=O) groups excluding carboxylic acids is 1. The van der Waals surface area contributed by atoms with E-state index in [1.54, 1.807) is 18.2 Å². The number of carbonyl (C=O) groups is 1. The first-order valence-corrected chi connectivity index (χ1v) is 10.3. The third-order valence-corrected chi connectivity index (χ3v) is 5.84. The molecule has 1 atom stereocenters. The summed E-state index contributed by atoms with van der Waals surface area (Å²) in [5.74, 6) is 0.853. The van der Waals surface area contributed by atoms with Crippen LogP contribution in [0.1, 0.15) is 50.0 Å². The van der Waals surface area contributed by atoms with E-state index in [1.165, 1.54) is 19.3 Å². The number of hydrogen-bond acceptors (Lipinski definition) is 2. The summed E-state index contributed by atoms with van der Waals surface area (Å²) >= 11 is 12.3. The molecule has 0 saturated carbocycles. The molecule has 0 fully saturated rings. The Kier molecular flexibility index (Phi) is 10.9.